The van der Waals surface area contributed by atoms with Crippen molar-refractivity contribution in [1.82, 2.24) is 9.97 Å². The maximum Gasteiger partial charge on any atom is 0.0795 e. The van der Waals surface area contributed by atoms with Gasteiger partial charge in [0, 0.05) is 42.6 Å². The second-order valence-electron chi connectivity index (χ2n) is 3.21. The van der Waals surface area contributed by atoms with Crippen molar-refractivity contribution in [3.05, 3.63) is 48.8 Å². The van der Waals surface area contributed by atoms with Crippen LogP contribution in [0.3, 0.4) is 0 Å². The zero-order valence-corrected chi connectivity index (χ0v) is 9.60. The van der Waals surface area contributed by atoms with Crippen LogP contribution in [0.4, 0.5) is 0 Å². The molecule has 0 saturated carbocycles. The predicted octanol–water partition coefficient (Wildman–Crippen LogP) is 2.78. The molecule has 74 valence electrons. The van der Waals surface area contributed by atoms with E-state index in [0.29, 0.717) is 0 Å². The monoisotopic (exact) mass is 282 g/mol. The topological polar surface area (TPSA) is 25.8 Å². The fourth-order valence-electron chi connectivity index (χ4n) is 1.70. The molecule has 2 aromatic heterocycles. The van der Waals surface area contributed by atoms with Crippen molar-refractivity contribution in [2.75, 3.05) is 0 Å². The van der Waals surface area contributed by atoms with Gasteiger partial charge < -0.3 is 0 Å². The van der Waals surface area contributed by atoms with Gasteiger partial charge in [0.15, 0.2) is 0 Å². The van der Waals surface area contributed by atoms with Crippen molar-refractivity contribution in [2.45, 2.75) is 0 Å². The summed E-state index contributed by atoms with van der Waals surface area (Å²) < 4.78 is 0. The molecule has 0 spiro atoms. The van der Waals surface area contributed by atoms with Gasteiger partial charge in [0.2, 0.25) is 0 Å². The predicted molar refractivity (Wildman–Crippen MR) is 57.0 cm³/mol. The Balaban J connectivity index is 0.000000853. The van der Waals surface area contributed by atoms with E-state index < -0.39 is 0 Å². The van der Waals surface area contributed by atoms with Crippen molar-refractivity contribution in [3.8, 4) is 0 Å². The van der Waals surface area contributed by atoms with Crippen molar-refractivity contribution in [3.63, 3.8) is 0 Å². The number of aromatic nitrogens is 2. The van der Waals surface area contributed by atoms with Crippen molar-refractivity contribution in [1.29, 1.82) is 0 Å². The molecule has 0 unspecified atom stereocenters. The third kappa shape index (κ3) is 1.64. The fourth-order valence-corrected chi connectivity index (χ4v) is 1.70. The first-order valence-corrected chi connectivity index (χ1v) is 4.53. The van der Waals surface area contributed by atoms with Crippen LogP contribution in [0.15, 0.2) is 48.8 Å². The molecule has 0 saturated heterocycles. The standard InChI is InChI=1S/C12H8N2.Ru/c1-3-9-5-6-11-10(4-2-7-13-11)12(9)14-8-1;/h1-8H;. The Kier molecular flexibility index (Phi) is 2.74. The second kappa shape index (κ2) is 4.03. The average Bonchev–Trinajstić information content (AvgIpc) is 2.29. The number of nitrogens with zero attached hydrogens (tertiary/aromatic N) is 2. The van der Waals surface area contributed by atoms with Crippen LogP contribution in [0, 0.1) is 0 Å². The Morgan fingerprint density at radius 3 is 2.53 bits per heavy atom. The Morgan fingerprint density at radius 1 is 0.800 bits per heavy atom. The third-order valence-electron chi connectivity index (χ3n) is 2.35. The largest absolute Gasteiger partial charge is 0.256 e. The summed E-state index contributed by atoms with van der Waals surface area (Å²) in [4.78, 5) is 8.66. The van der Waals surface area contributed by atoms with Gasteiger partial charge in [-0.25, -0.2) is 0 Å². The summed E-state index contributed by atoms with van der Waals surface area (Å²) in [6, 6.07) is 12.1. The van der Waals surface area contributed by atoms with Gasteiger partial charge in [-0.2, -0.15) is 0 Å². The molecule has 0 radical (unpaired) electrons. The molecule has 15 heavy (non-hydrogen) atoms. The third-order valence-corrected chi connectivity index (χ3v) is 2.35. The zero-order chi connectivity index (χ0) is 9.38. The molecular weight excluding hydrogens is 273 g/mol. The summed E-state index contributed by atoms with van der Waals surface area (Å²) in [6.45, 7) is 0. The van der Waals surface area contributed by atoms with Crippen LogP contribution < -0.4 is 0 Å². The van der Waals surface area contributed by atoms with Crippen LogP contribution in [-0.2, 0) is 19.5 Å². The van der Waals surface area contributed by atoms with Gasteiger partial charge in [-0.3, -0.25) is 9.97 Å². The number of hydrogen-bond donors (Lipinski definition) is 0. The van der Waals surface area contributed by atoms with Crippen LogP contribution in [0.2, 0.25) is 0 Å². The molecule has 0 bridgehead atoms. The minimum absolute atomic E-state index is 0. The molecule has 2 heterocycles. The van der Waals surface area contributed by atoms with Gasteiger partial charge >= 0.3 is 0 Å². The molecule has 2 nitrogen and oxygen atoms in total. The minimum Gasteiger partial charge on any atom is -0.256 e. The summed E-state index contributed by atoms with van der Waals surface area (Å²) in [5, 5.41) is 2.28. The van der Waals surface area contributed by atoms with Gasteiger partial charge in [0.05, 0.1) is 11.0 Å². The molecule has 3 aromatic rings. The molecule has 1 aromatic carbocycles. The molecule has 0 aliphatic rings. The van der Waals surface area contributed by atoms with Gasteiger partial charge in [0.1, 0.15) is 0 Å². The van der Waals surface area contributed by atoms with Crippen LogP contribution in [0.25, 0.3) is 21.8 Å². The summed E-state index contributed by atoms with van der Waals surface area (Å²) in [6.07, 6.45) is 3.62. The molecule has 3 heteroatoms. The van der Waals surface area contributed by atoms with E-state index in [-0.39, 0.29) is 19.5 Å². The summed E-state index contributed by atoms with van der Waals surface area (Å²) in [5.74, 6) is 0. The zero-order valence-electron chi connectivity index (χ0n) is 7.87. The number of pyridine rings is 2. The normalized spacial score (nSPS) is 10.1. The minimum atomic E-state index is 0. The van der Waals surface area contributed by atoms with E-state index in [1.165, 1.54) is 0 Å². The number of benzene rings is 1. The second-order valence-corrected chi connectivity index (χ2v) is 3.21. The van der Waals surface area contributed by atoms with Crippen LogP contribution in [0.1, 0.15) is 0 Å². The van der Waals surface area contributed by atoms with Gasteiger partial charge in [-0.15, -0.1) is 0 Å². The van der Waals surface area contributed by atoms with Crippen LogP contribution >= 0.6 is 0 Å². The summed E-state index contributed by atoms with van der Waals surface area (Å²) >= 11 is 0. The Bertz CT molecular complexity index is 553. The Morgan fingerprint density at radius 2 is 1.60 bits per heavy atom. The van der Waals surface area contributed by atoms with E-state index in [1.807, 2.05) is 24.4 Å². The van der Waals surface area contributed by atoms with E-state index in [9.17, 15) is 0 Å². The number of hydrogen-bond acceptors (Lipinski definition) is 2. The Hall–Kier alpha value is -1.34. The maximum absolute atomic E-state index is 4.37. The van der Waals surface area contributed by atoms with E-state index in [0.717, 1.165) is 21.8 Å². The van der Waals surface area contributed by atoms with E-state index in [4.69, 9.17) is 0 Å². The number of fused-ring (bicyclic) bond motifs is 3. The van der Waals surface area contributed by atoms with Gasteiger partial charge in [-0.05, 0) is 24.3 Å². The van der Waals surface area contributed by atoms with Gasteiger partial charge in [0.25, 0.3) is 0 Å². The molecular formula is C12H8N2Ru. The van der Waals surface area contributed by atoms with Crippen LogP contribution in [-0.4, -0.2) is 9.97 Å². The van der Waals surface area contributed by atoms with Crippen molar-refractivity contribution in [2.24, 2.45) is 0 Å². The maximum atomic E-state index is 4.37. The number of rotatable bonds is 0. The van der Waals surface area contributed by atoms with Crippen molar-refractivity contribution < 1.29 is 19.5 Å². The van der Waals surface area contributed by atoms with Gasteiger partial charge in [-0.1, -0.05) is 12.1 Å². The van der Waals surface area contributed by atoms with Crippen LogP contribution in [0.5, 0.6) is 0 Å². The first-order valence-electron chi connectivity index (χ1n) is 4.53. The first kappa shape index (κ1) is 10.2. The van der Waals surface area contributed by atoms with E-state index in [1.54, 1.807) is 6.20 Å². The SMILES string of the molecule is [Ru].c1cnc2c(c1)ccc1ncccc12. The summed E-state index contributed by atoms with van der Waals surface area (Å²) in [7, 11) is 0. The molecule has 0 aliphatic carbocycles. The quantitative estimate of drug-likeness (QED) is 0.468. The average molecular weight is 281 g/mol. The smallest absolute Gasteiger partial charge is 0.0795 e. The summed E-state index contributed by atoms with van der Waals surface area (Å²) in [5.41, 5.74) is 2.02. The molecule has 0 N–H and O–H groups in total. The van der Waals surface area contributed by atoms with E-state index in [2.05, 4.69) is 28.2 Å². The first-order chi connectivity index (χ1) is 6.95. The van der Waals surface area contributed by atoms with E-state index >= 15 is 0 Å². The molecule has 0 amide bonds. The fraction of sp³-hybridized carbons (Fsp3) is 0. The van der Waals surface area contributed by atoms with Crippen molar-refractivity contribution >= 4 is 21.8 Å². The Labute approximate surface area is 100 Å². The molecule has 0 atom stereocenters. The molecule has 0 fully saturated rings. The molecule has 3 rings (SSSR count). The molecule has 0 aliphatic heterocycles.